The fourth-order valence-electron chi connectivity index (χ4n) is 2.20. The van der Waals surface area contributed by atoms with Crippen molar-refractivity contribution >= 4 is 0 Å². The molecule has 2 aromatic heterocycles. The van der Waals surface area contributed by atoms with Crippen molar-refractivity contribution in [1.82, 2.24) is 25.1 Å². The van der Waals surface area contributed by atoms with Crippen molar-refractivity contribution in [2.75, 3.05) is 6.54 Å². The van der Waals surface area contributed by atoms with E-state index in [1.54, 1.807) is 0 Å². The Morgan fingerprint density at radius 1 is 1.35 bits per heavy atom. The van der Waals surface area contributed by atoms with Crippen LogP contribution in [0.15, 0.2) is 18.2 Å². The average Bonchev–Trinajstić information content (AvgIpc) is 2.74. The second-order valence-corrected chi connectivity index (χ2v) is 4.37. The van der Waals surface area contributed by atoms with E-state index >= 15 is 0 Å². The minimum Gasteiger partial charge on any atom is -0.307 e. The molecule has 0 saturated carbocycles. The van der Waals surface area contributed by atoms with E-state index in [1.807, 2.05) is 25.1 Å². The molecular formula is C12H15N5. The van der Waals surface area contributed by atoms with Gasteiger partial charge in [0.2, 0.25) is 0 Å². The molecule has 2 aromatic rings. The summed E-state index contributed by atoms with van der Waals surface area (Å²) in [5.41, 5.74) is 1.90. The van der Waals surface area contributed by atoms with Crippen LogP contribution >= 0.6 is 0 Å². The first-order valence-corrected chi connectivity index (χ1v) is 5.86. The monoisotopic (exact) mass is 229 g/mol. The molecule has 0 fully saturated rings. The van der Waals surface area contributed by atoms with Gasteiger partial charge in [0.05, 0.1) is 6.04 Å². The summed E-state index contributed by atoms with van der Waals surface area (Å²) in [7, 11) is 0. The van der Waals surface area contributed by atoms with E-state index in [0.717, 1.165) is 36.1 Å². The van der Waals surface area contributed by atoms with Crippen LogP contribution < -0.4 is 5.32 Å². The Labute approximate surface area is 99.9 Å². The van der Waals surface area contributed by atoms with Gasteiger partial charge in [-0.1, -0.05) is 6.07 Å². The van der Waals surface area contributed by atoms with E-state index in [1.165, 1.54) is 0 Å². The number of aromatic nitrogens is 4. The van der Waals surface area contributed by atoms with Crippen LogP contribution in [0, 0.1) is 6.92 Å². The molecule has 1 atom stereocenters. The Kier molecular flexibility index (Phi) is 2.40. The van der Waals surface area contributed by atoms with Crippen LogP contribution in [0.3, 0.4) is 0 Å². The van der Waals surface area contributed by atoms with Gasteiger partial charge in [-0.15, -0.1) is 10.2 Å². The lowest BCUT2D eigenvalue weighted by Crippen LogP contribution is -2.32. The molecule has 17 heavy (non-hydrogen) atoms. The number of hydrogen-bond acceptors (Lipinski definition) is 4. The molecule has 0 aromatic carbocycles. The molecule has 3 heterocycles. The largest absolute Gasteiger partial charge is 0.307 e. The van der Waals surface area contributed by atoms with Crippen molar-refractivity contribution in [3.8, 4) is 11.5 Å². The highest BCUT2D eigenvalue weighted by atomic mass is 15.3. The molecule has 5 heteroatoms. The Bertz CT molecular complexity index is 546. The van der Waals surface area contributed by atoms with Crippen molar-refractivity contribution < 1.29 is 0 Å². The molecule has 0 saturated heterocycles. The molecule has 1 aliphatic rings. The highest BCUT2D eigenvalue weighted by Gasteiger charge is 2.22. The molecule has 0 aliphatic carbocycles. The molecule has 0 bridgehead atoms. The number of hydrogen-bond donors (Lipinski definition) is 1. The molecule has 3 rings (SSSR count). The summed E-state index contributed by atoms with van der Waals surface area (Å²) >= 11 is 0. The predicted octanol–water partition coefficient (Wildman–Crippen LogP) is 1.31. The maximum absolute atomic E-state index is 4.51. The first-order valence-electron chi connectivity index (χ1n) is 5.86. The predicted molar refractivity (Wildman–Crippen MR) is 64.4 cm³/mol. The van der Waals surface area contributed by atoms with Crippen LogP contribution in [0.25, 0.3) is 11.5 Å². The molecule has 0 spiro atoms. The fraction of sp³-hybridized carbons (Fsp3) is 0.417. The summed E-state index contributed by atoms with van der Waals surface area (Å²) in [5.74, 6) is 1.87. The number of rotatable bonds is 1. The van der Waals surface area contributed by atoms with Crippen LogP contribution in [0.2, 0.25) is 0 Å². The van der Waals surface area contributed by atoms with Crippen LogP contribution in [0.1, 0.15) is 24.5 Å². The molecule has 0 radical (unpaired) electrons. The SMILES string of the molecule is Cc1cccc(-c2nnc3n2CCNC3C)n1. The third kappa shape index (κ3) is 1.72. The highest BCUT2D eigenvalue weighted by Crippen LogP contribution is 2.21. The van der Waals surface area contributed by atoms with Gasteiger partial charge in [0.25, 0.3) is 0 Å². The van der Waals surface area contributed by atoms with Crippen LogP contribution in [-0.2, 0) is 6.54 Å². The molecule has 1 N–H and O–H groups in total. The zero-order chi connectivity index (χ0) is 11.8. The van der Waals surface area contributed by atoms with Crippen molar-refractivity contribution in [2.45, 2.75) is 26.4 Å². The molecule has 1 unspecified atom stereocenters. The third-order valence-electron chi connectivity index (χ3n) is 3.07. The average molecular weight is 229 g/mol. The van der Waals surface area contributed by atoms with Crippen LogP contribution in [0.5, 0.6) is 0 Å². The Morgan fingerprint density at radius 2 is 2.24 bits per heavy atom. The van der Waals surface area contributed by atoms with Gasteiger partial charge >= 0.3 is 0 Å². The molecule has 0 amide bonds. The van der Waals surface area contributed by atoms with Crippen molar-refractivity contribution in [2.24, 2.45) is 0 Å². The summed E-state index contributed by atoms with van der Waals surface area (Å²) in [6.45, 7) is 5.94. The van der Waals surface area contributed by atoms with Crippen molar-refractivity contribution in [3.63, 3.8) is 0 Å². The molecule has 88 valence electrons. The molecule has 1 aliphatic heterocycles. The van der Waals surface area contributed by atoms with Crippen molar-refractivity contribution in [3.05, 3.63) is 29.7 Å². The Balaban J connectivity index is 2.10. The van der Waals surface area contributed by atoms with E-state index in [2.05, 4.69) is 32.0 Å². The van der Waals surface area contributed by atoms with E-state index in [4.69, 9.17) is 0 Å². The minimum atomic E-state index is 0.259. The second-order valence-electron chi connectivity index (χ2n) is 4.37. The third-order valence-corrected chi connectivity index (χ3v) is 3.07. The Hall–Kier alpha value is -1.75. The van der Waals surface area contributed by atoms with E-state index in [9.17, 15) is 0 Å². The maximum Gasteiger partial charge on any atom is 0.182 e. The lowest BCUT2D eigenvalue weighted by Gasteiger charge is -2.21. The van der Waals surface area contributed by atoms with Gasteiger partial charge < -0.3 is 9.88 Å². The number of pyridine rings is 1. The van der Waals surface area contributed by atoms with E-state index < -0.39 is 0 Å². The summed E-state index contributed by atoms with van der Waals surface area (Å²) in [5, 5.41) is 11.9. The first kappa shape index (κ1) is 10.4. The quantitative estimate of drug-likeness (QED) is 0.801. The highest BCUT2D eigenvalue weighted by molar-refractivity contribution is 5.50. The number of aryl methyl sites for hydroxylation is 1. The van der Waals surface area contributed by atoms with Crippen molar-refractivity contribution in [1.29, 1.82) is 0 Å². The van der Waals surface area contributed by atoms with Gasteiger partial charge in [0.15, 0.2) is 5.82 Å². The van der Waals surface area contributed by atoms with Gasteiger partial charge in [-0.25, -0.2) is 4.98 Å². The molecule has 5 nitrogen and oxygen atoms in total. The summed E-state index contributed by atoms with van der Waals surface area (Å²) < 4.78 is 2.16. The topological polar surface area (TPSA) is 55.6 Å². The zero-order valence-electron chi connectivity index (χ0n) is 10.0. The van der Waals surface area contributed by atoms with Gasteiger partial charge in [-0.2, -0.15) is 0 Å². The Morgan fingerprint density at radius 3 is 3.06 bits per heavy atom. The number of nitrogens with zero attached hydrogens (tertiary/aromatic N) is 4. The van der Waals surface area contributed by atoms with E-state index in [0.29, 0.717) is 0 Å². The standard InChI is InChI=1S/C12H15N5/c1-8-4-3-5-10(14-8)12-16-15-11-9(2)13-6-7-17(11)12/h3-5,9,13H,6-7H2,1-2H3. The summed E-state index contributed by atoms with van der Waals surface area (Å²) in [4.78, 5) is 4.51. The van der Waals surface area contributed by atoms with Gasteiger partial charge in [0, 0.05) is 18.8 Å². The fourth-order valence-corrected chi connectivity index (χ4v) is 2.20. The smallest absolute Gasteiger partial charge is 0.182 e. The normalized spacial score (nSPS) is 19.1. The lowest BCUT2D eigenvalue weighted by atomic mass is 10.2. The lowest BCUT2D eigenvalue weighted by molar-refractivity contribution is 0.438. The number of fused-ring (bicyclic) bond motifs is 1. The summed E-state index contributed by atoms with van der Waals surface area (Å²) in [6.07, 6.45) is 0. The minimum absolute atomic E-state index is 0.259. The van der Waals surface area contributed by atoms with Gasteiger partial charge in [-0.3, -0.25) is 0 Å². The number of nitrogens with one attached hydrogen (secondary N) is 1. The first-order chi connectivity index (χ1) is 8.25. The summed E-state index contributed by atoms with van der Waals surface area (Å²) in [6, 6.07) is 6.23. The van der Waals surface area contributed by atoms with E-state index in [-0.39, 0.29) is 6.04 Å². The van der Waals surface area contributed by atoms with Crippen LogP contribution in [-0.4, -0.2) is 26.3 Å². The molecular weight excluding hydrogens is 214 g/mol. The maximum atomic E-state index is 4.51. The second kappa shape index (κ2) is 3.92. The van der Waals surface area contributed by atoms with Crippen LogP contribution in [0.4, 0.5) is 0 Å². The van der Waals surface area contributed by atoms with Gasteiger partial charge in [-0.05, 0) is 26.0 Å². The zero-order valence-corrected chi connectivity index (χ0v) is 10.0. The van der Waals surface area contributed by atoms with Gasteiger partial charge in [0.1, 0.15) is 11.5 Å².